The van der Waals surface area contributed by atoms with Crippen LogP contribution in [-0.2, 0) is 0 Å². The van der Waals surface area contributed by atoms with E-state index in [0.717, 1.165) is 15.6 Å². The number of hydrogen-bond acceptors (Lipinski definition) is 2. The lowest BCUT2D eigenvalue weighted by atomic mass is 10.1. The molecule has 104 valence electrons. The van der Waals surface area contributed by atoms with Gasteiger partial charge in [0, 0.05) is 15.7 Å². The number of anilines is 1. The maximum absolute atomic E-state index is 12.3. The largest absolute Gasteiger partial charge is 0.507 e. The van der Waals surface area contributed by atoms with Crippen molar-refractivity contribution in [3.63, 3.8) is 0 Å². The molecule has 4 heteroatoms. The molecule has 0 fully saturated rings. The second-order valence-corrected chi connectivity index (χ2v) is 5.70. The van der Waals surface area contributed by atoms with Crippen LogP contribution in [0.4, 0.5) is 5.69 Å². The molecule has 0 heterocycles. The number of aryl methyl sites for hydroxylation is 2. The van der Waals surface area contributed by atoms with Gasteiger partial charge in [-0.05, 0) is 66.0 Å². The predicted octanol–water partition coefficient (Wildman–Crippen LogP) is 4.33. The minimum Gasteiger partial charge on any atom is -0.507 e. The van der Waals surface area contributed by atoms with Crippen molar-refractivity contribution in [1.82, 2.24) is 0 Å². The number of halogens is 1. The molecule has 2 N–H and O–H groups in total. The van der Waals surface area contributed by atoms with Crippen molar-refractivity contribution >= 4 is 27.5 Å². The molecule has 2 rings (SSSR count). The Bertz CT molecular complexity index is 680. The zero-order valence-corrected chi connectivity index (χ0v) is 13.2. The summed E-state index contributed by atoms with van der Waals surface area (Å²) in [4.78, 5) is 12.3. The van der Waals surface area contributed by atoms with Crippen LogP contribution in [0, 0.1) is 20.8 Å². The molecule has 0 aromatic heterocycles. The second-order valence-electron chi connectivity index (χ2n) is 4.84. The fraction of sp³-hybridized carbons (Fsp3) is 0.188. The Morgan fingerprint density at radius 2 is 1.85 bits per heavy atom. The van der Waals surface area contributed by atoms with Crippen molar-refractivity contribution in [2.45, 2.75) is 20.8 Å². The molecule has 0 aliphatic carbocycles. The Labute approximate surface area is 126 Å². The van der Waals surface area contributed by atoms with Crippen molar-refractivity contribution < 1.29 is 9.90 Å². The van der Waals surface area contributed by atoms with E-state index in [-0.39, 0.29) is 11.7 Å². The highest BCUT2D eigenvalue weighted by molar-refractivity contribution is 9.10. The molecule has 2 aromatic rings. The second kappa shape index (κ2) is 5.67. The predicted molar refractivity (Wildman–Crippen MR) is 84.4 cm³/mol. The maximum atomic E-state index is 12.3. The van der Waals surface area contributed by atoms with Gasteiger partial charge in [-0.25, -0.2) is 0 Å². The lowest BCUT2D eigenvalue weighted by Crippen LogP contribution is -2.13. The number of aromatic hydroxyl groups is 1. The lowest BCUT2D eigenvalue weighted by molar-refractivity contribution is 0.102. The highest BCUT2D eigenvalue weighted by Crippen LogP contribution is 2.29. The normalized spacial score (nSPS) is 10.4. The molecule has 2 aromatic carbocycles. The van der Waals surface area contributed by atoms with E-state index in [1.807, 2.05) is 26.0 Å². The van der Waals surface area contributed by atoms with E-state index in [1.165, 1.54) is 0 Å². The molecular formula is C16H16BrNO2. The monoisotopic (exact) mass is 333 g/mol. The van der Waals surface area contributed by atoms with E-state index in [9.17, 15) is 9.90 Å². The standard InChI is InChI=1S/C16H16BrNO2/c1-9-4-6-12(13(17)8-9)16(20)18-14-7-5-10(2)15(19)11(14)3/h4-8,19H,1-3H3,(H,18,20). The summed E-state index contributed by atoms with van der Waals surface area (Å²) in [6.45, 7) is 5.57. The average molecular weight is 334 g/mol. The van der Waals surface area contributed by atoms with Crippen molar-refractivity contribution in [3.8, 4) is 5.75 Å². The molecule has 1 amide bonds. The smallest absolute Gasteiger partial charge is 0.256 e. The highest BCUT2D eigenvalue weighted by Gasteiger charge is 2.13. The van der Waals surface area contributed by atoms with Crippen molar-refractivity contribution in [1.29, 1.82) is 0 Å². The first-order valence-corrected chi connectivity index (χ1v) is 7.06. The third-order valence-electron chi connectivity index (χ3n) is 3.25. The van der Waals surface area contributed by atoms with Crippen LogP contribution in [0.1, 0.15) is 27.0 Å². The third kappa shape index (κ3) is 2.85. The minimum atomic E-state index is -0.205. The minimum absolute atomic E-state index is 0.205. The number of phenolic OH excluding ortho intramolecular Hbond substituents is 1. The lowest BCUT2D eigenvalue weighted by Gasteiger charge is -2.12. The highest BCUT2D eigenvalue weighted by atomic mass is 79.9. The van der Waals surface area contributed by atoms with Gasteiger partial charge in [0.25, 0.3) is 5.91 Å². The molecule has 0 unspecified atom stereocenters. The molecule has 0 aliphatic rings. The Morgan fingerprint density at radius 3 is 2.50 bits per heavy atom. The molecule has 0 spiro atoms. The third-order valence-corrected chi connectivity index (χ3v) is 3.91. The summed E-state index contributed by atoms with van der Waals surface area (Å²) in [5.41, 5.74) is 3.72. The number of carbonyl (C=O) groups is 1. The van der Waals surface area contributed by atoms with Gasteiger partial charge >= 0.3 is 0 Å². The van der Waals surface area contributed by atoms with Crippen LogP contribution >= 0.6 is 15.9 Å². The first-order chi connectivity index (χ1) is 9.40. The number of nitrogens with one attached hydrogen (secondary N) is 1. The number of phenols is 1. The van der Waals surface area contributed by atoms with Crippen molar-refractivity contribution in [3.05, 3.63) is 57.1 Å². The van der Waals surface area contributed by atoms with E-state index in [0.29, 0.717) is 16.8 Å². The van der Waals surface area contributed by atoms with E-state index in [4.69, 9.17) is 0 Å². The Balaban J connectivity index is 2.30. The number of benzene rings is 2. The van der Waals surface area contributed by atoms with Gasteiger partial charge in [0.15, 0.2) is 0 Å². The van der Waals surface area contributed by atoms with E-state index in [2.05, 4.69) is 21.2 Å². The topological polar surface area (TPSA) is 49.3 Å². The summed E-state index contributed by atoms with van der Waals surface area (Å²) in [5, 5.41) is 12.7. The Kier molecular flexibility index (Phi) is 4.14. The molecule has 20 heavy (non-hydrogen) atoms. The van der Waals surface area contributed by atoms with Gasteiger partial charge in [-0.15, -0.1) is 0 Å². The van der Waals surface area contributed by atoms with Gasteiger partial charge in [0.1, 0.15) is 5.75 Å². The molecule has 0 radical (unpaired) electrons. The first-order valence-electron chi connectivity index (χ1n) is 6.27. The van der Waals surface area contributed by atoms with E-state index >= 15 is 0 Å². The maximum Gasteiger partial charge on any atom is 0.256 e. The Morgan fingerprint density at radius 1 is 1.15 bits per heavy atom. The van der Waals surface area contributed by atoms with Gasteiger partial charge in [-0.2, -0.15) is 0 Å². The number of amides is 1. The van der Waals surface area contributed by atoms with Crippen molar-refractivity contribution in [2.24, 2.45) is 0 Å². The zero-order valence-electron chi connectivity index (χ0n) is 11.6. The SMILES string of the molecule is Cc1ccc(C(=O)Nc2ccc(C)c(O)c2C)c(Br)c1. The quantitative estimate of drug-likeness (QED) is 0.859. The van der Waals surface area contributed by atoms with Crippen molar-refractivity contribution in [2.75, 3.05) is 5.32 Å². The number of carbonyl (C=O) groups excluding carboxylic acids is 1. The summed E-state index contributed by atoms with van der Waals surface area (Å²) in [6.07, 6.45) is 0. The van der Waals surface area contributed by atoms with Gasteiger partial charge < -0.3 is 10.4 Å². The fourth-order valence-corrected chi connectivity index (χ4v) is 2.64. The average Bonchev–Trinajstić information content (AvgIpc) is 2.39. The molecular weight excluding hydrogens is 318 g/mol. The first kappa shape index (κ1) is 14.6. The molecule has 0 atom stereocenters. The van der Waals surface area contributed by atoms with Crippen LogP contribution in [0.5, 0.6) is 5.75 Å². The molecule has 0 saturated heterocycles. The molecule has 0 saturated carbocycles. The summed E-state index contributed by atoms with van der Waals surface area (Å²) in [5.74, 6) is 0.00833. The number of rotatable bonds is 2. The van der Waals surface area contributed by atoms with Gasteiger partial charge in [0.2, 0.25) is 0 Å². The Hall–Kier alpha value is -1.81. The van der Waals surface area contributed by atoms with Crippen LogP contribution in [0.2, 0.25) is 0 Å². The number of hydrogen-bond donors (Lipinski definition) is 2. The van der Waals surface area contributed by atoms with Gasteiger partial charge in [-0.3, -0.25) is 4.79 Å². The summed E-state index contributed by atoms with van der Waals surface area (Å²) >= 11 is 3.40. The zero-order chi connectivity index (χ0) is 14.9. The van der Waals surface area contributed by atoms with Crippen LogP contribution in [-0.4, -0.2) is 11.0 Å². The molecule has 3 nitrogen and oxygen atoms in total. The van der Waals surface area contributed by atoms with E-state index in [1.54, 1.807) is 25.1 Å². The van der Waals surface area contributed by atoms with Crippen LogP contribution < -0.4 is 5.32 Å². The molecule has 0 aliphatic heterocycles. The van der Waals surface area contributed by atoms with Crippen LogP contribution in [0.3, 0.4) is 0 Å². The molecule has 0 bridgehead atoms. The summed E-state index contributed by atoms with van der Waals surface area (Å²) in [6, 6.07) is 9.14. The fourth-order valence-electron chi connectivity index (χ4n) is 1.96. The summed E-state index contributed by atoms with van der Waals surface area (Å²) in [7, 11) is 0. The van der Waals surface area contributed by atoms with E-state index < -0.39 is 0 Å². The summed E-state index contributed by atoms with van der Waals surface area (Å²) < 4.78 is 0.754. The van der Waals surface area contributed by atoms with Crippen LogP contribution in [0.25, 0.3) is 0 Å². The van der Waals surface area contributed by atoms with Gasteiger partial charge in [0.05, 0.1) is 5.56 Å². The van der Waals surface area contributed by atoms with Crippen LogP contribution in [0.15, 0.2) is 34.8 Å². The van der Waals surface area contributed by atoms with Gasteiger partial charge in [-0.1, -0.05) is 12.1 Å².